The van der Waals surface area contributed by atoms with Gasteiger partial charge in [0, 0.05) is 11.6 Å². The summed E-state index contributed by atoms with van der Waals surface area (Å²) in [5.74, 6) is -0.0625. The van der Waals surface area contributed by atoms with Crippen molar-refractivity contribution in [3.63, 3.8) is 0 Å². The van der Waals surface area contributed by atoms with E-state index in [1.54, 1.807) is 6.92 Å². The smallest absolute Gasteiger partial charge is 0.202 e. The molecule has 1 heterocycles. The van der Waals surface area contributed by atoms with Crippen LogP contribution in [0.3, 0.4) is 0 Å². The standard InChI is InChI=1S/C21H14Br2O7/c1-7-5-9(24)12-10(27-2)6-8-11(19(12)30-7)18(26)14-13(17(8)25)15(22)21(29-4)16(23)20(14)28-3/h5-6H,1-4H3. The Labute approximate surface area is 187 Å². The minimum absolute atomic E-state index is 0.00321. The molecule has 0 fully saturated rings. The molecule has 7 nitrogen and oxygen atoms in total. The van der Waals surface area contributed by atoms with Crippen LogP contribution in [0.5, 0.6) is 17.2 Å². The van der Waals surface area contributed by atoms with Crippen molar-refractivity contribution >= 4 is 54.4 Å². The summed E-state index contributed by atoms with van der Waals surface area (Å²) in [7, 11) is 4.20. The van der Waals surface area contributed by atoms with Gasteiger partial charge in [0.1, 0.15) is 27.1 Å². The Morgan fingerprint density at radius 2 is 1.47 bits per heavy atom. The number of aryl methyl sites for hydroxylation is 1. The highest BCUT2D eigenvalue weighted by molar-refractivity contribution is 9.11. The first-order valence-electron chi connectivity index (χ1n) is 8.64. The molecule has 1 aliphatic rings. The molecule has 30 heavy (non-hydrogen) atoms. The molecule has 1 aromatic heterocycles. The zero-order chi connectivity index (χ0) is 21.9. The maximum absolute atomic E-state index is 13.7. The van der Waals surface area contributed by atoms with Gasteiger partial charge in [-0.3, -0.25) is 14.4 Å². The van der Waals surface area contributed by atoms with Crippen LogP contribution >= 0.6 is 31.9 Å². The van der Waals surface area contributed by atoms with E-state index in [0.29, 0.717) is 20.5 Å². The van der Waals surface area contributed by atoms with E-state index < -0.39 is 11.6 Å². The van der Waals surface area contributed by atoms with Gasteiger partial charge in [-0.15, -0.1) is 0 Å². The second-order valence-electron chi connectivity index (χ2n) is 6.53. The molecule has 9 heteroatoms. The molecular weight excluding hydrogens is 524 g/mol. The van der Waals surface area contributed by atoms with E-state index in [4.69, 9.17) is 18.6 Å². The van der Waals surface area contributed by atoms with Crippen LogP contribution in [-0.4, -0.2) is 32.9 Å². The summed E-state index contributed by atoms with van der Waals surface area (Å²) in [6, 6.07) is 2.69. The van der Waals surface area contributed by atoms with Crippen LogP contribution in [0.25, 0.3) is 11.0 Å². The molecule has 3 aromatic rings. The number of ketones is 2. The molecule has 0 bridgehead atoms. The lowest BCUT2D eigenvalue weighted by molar-refractivity contribution is 0.0975. The average Bonchev–Trinajstić information content (AvgIpc) is 2.70. The van der Waals surface area contributed by atoms with Crippen molar-refractivity contribution in [1.82, 2.24) is 0 Å². The van der Waals surface area contributed by atoms with Gasteiger partial charge in [0.15, 0.2) is 22.5 Å². The van der Waals surface area contributed by atoms with E-state index in [0.717, 1.165) is 0 Å². The summed E-state index contributed by atoms with van der Waals surface area (Å²) >= 11 is 6.76. The Kier molecular flexibility index (Phi) is 4.98. The SMILES string of the molecule is COc1c(Br)c(OC)c2c(c1Br)C(=O)c1cc(OC)c3c(=O)cc(C)oc3c1C2=O. The molecule has 0 radical (unpaired) electrons. The van der Waals surface area contributed by atoms with Crippen molar-refractivity contribution < 1.29 is 28.2 Å². The normalized spacial score (nSPS) is 12.6. The number of ether oxygens (including phenoxy) is 3. The van der Waals surface area contributed by atoms with Crippen LogP contribution in [0.15, 0.2) is 30.3 Å². The summed E-state index contributed by atoms with van der Waals surface area (Å²) in [5, 5.41) is 0.0945. The summed E-state index contributed by atoms with van der Waals surface area (Å²) in [5.41, 5.74) is -0.165. The number of halogens is 2. The van der Waals surface area contributed by atoms with Crippen molar-refractivity contribution in [2.75, 3.05) is 21.3 Å². The fourth-order valence-electron chi connectivity index (χ4n) is 3.69. The minimum Gasteiger partial charge on any atom is -0.496 e. The molecule has 0 atom stereocenters. The average molecular weight is 538 g/mol. The monoisotopic (exact) mass is 536 g/mol. The molecule has 0 aliphatic heterocycles. The topological polar surface area (TPSA) is 92.0 Å². The number of methoxy groups -OCH3 is 3. The van der Waals surface area contributed by atoms with Gasteiger partial charge in [-0.2, -0.15) is 0 Å². The van der Waals surface area contributed by atoms with Gasteiger partial charge in [-0.1, -0.05) is 0 Å². The summed E-state index contributed by atoms with van der Waals surface area (Å²) in [6.45, 7) is 1.59. The molecule has 0 saturated carbocycles. The Morgan fingerprint density at radius 1 is 0.800 bits per heavy atom. The van der Waals surface area contributed by atoms with Gasteiger partial charge in [0.25, 0.3) is 0 Å². The molecule has 154 valence electrons. The van der Waals surface area contributed by atoms with E-state index in [1.807, 2.05) is 0 Å². The van der Waals surface area contributed by atoms with Crippen molar-refractivity contribution in [2.24, 2.45) is 0 Å². The van der Waals surface area contributed by atoms with Crippen LogP contribution in [0.1, 0.15) is 37.6 Å². The van der Waals surface area contributed by atoms with Crippen LogP contribution < -0.4 is 19.6 Å². The molecule has 0 amide bonds. The van der Waals surface area contributed by atoms with E-state index in [9.17, 15) is 14.4 Å². The first-order valence-corrected chi connectivity index (χ1v) is 10.2. The van der Waals surface area contributed by atoms with Crippen LogP contribution in [0, 0.1) is 6.92 Å². The third kappa shape index (κ3) is 2.65. The van der Waals surface area contributed by atoms with Crippen molar-refractivity contribution in [1.29, 1.82) is 0 Å². The highest BCUT2D eigenvalue weighted by atomic mass is 79.9. The molecule has 0 unspecified atom stereocenters. The third-order valence-corrected chi connectivity index (χ3v) is 6.41. The maximum atomic E-state index is 13.7. The quantitative estimate of drug-likeness (QED) is 0.382. The number of fused-ring (bicyclic) bond motifs is 4. The fraction of sp³-hybridized carbons (Fsp3) is 0.190. The van der Waals surface area contributed by atoms with Crippen LogP contribution in [0.4, 0.5) is 0 Å². The lowest BCUT2D eigenvalue weighted by Crippen LogP contribution is -2.24. The number of carbonyl (C=O) groups is 2. The summed E-state index contributed by atoms with van der Waals surface area (Å²) in [6.07, 6.45) is 0. The van der Waals surface area contributed by atoms with Crippen LogP contribution in [0.2, 0.25) is 0 Å². The summed E-state index contributed by atoms with van der Waals surface area (Å²) in [4.78, 5) is 39.8. The van der Waals surface area contributed by atoms with Gasteiger partial charge < -0.3 is 18.6 Å². The maximum Gasteiger partial charge on any atom is 0.202 e. The number of carbonyl (C=O) groups excluding carboxylic acids is 2. The molecule has 0 saturated heterocycles. The van der Waals surface area contributed by atoms with E-state index >= 15 is 0 Å². The fourth-order valence-corrected chi connectivity index (χ4v) is 5.41. The number of hydrogen-bond donors (Lipinski definition) is 0. The Bertz CT molecular complexity index is 1340. The zero-order valence-corrected chi connectivity index (χ0v) is 19.4. The van der Waals surface area contributed by atoms with Gasteiger partial charge in [0.2, 0.25) is 5.78 Å². The van der Waals surface area contributed by atoms with Crippen LogP contribution in [-0.2, 0) is 0 Å². The third-order valence-electron chi connectivity index (χ3n) is 4.94. The molecule has 1 aliphatic carbocycles. The minimum atomic E-state index is -0.512. The van der Waals surface area contributed by atoms with E-state index in [-0.39, 0.29) is 50.2 Å². The van der Waals surface area contributed by atoms with Gasteiger partial charge >= 0.3 is 0 Å². The molecule has 4 rings (SSSR count). The Hall–Kier alpha value is -2.65. The Balaban J connectivity index is 2.22. The zero-order valence-electron chi connectivity index (χ0n) is 16.3. The van der Waals surface area contributed by atoms with Crippen molar-refractivity contribution in [3.05, 3.63) is 59.3 Å². The number of hydrogen-bond acceptors (Lipinski definition) is 7. The Morgan fingerprint density at radius 3 is 2.07 bits per heavy atom. The molecular formula is C21H14Br2O7. The lowest BCUT2D eigenvalue weighted by Gasteiger charge is -2.24. The van der Waals surface area contributed by atoms with Gasteiger partial charge in [-0.25, -0.2) is 0 Å². The molecule has 0 N–H and O–H groups in total. The van der Waals surface area contributed by atoms with E-state index in [2.05, 4.69) is 31.9 Å². The largest absolute Gasteiger partial charge is 0.496 e. The van der Waals surface area contributed by atoms with E-state index in [1.165, 1.54) is 33.5 Å². The highest BCUT2D eigenvalue weighted by Gasteiger charge is 2.40. The predicted molar refractivity (Wildman–Crippen MR) is 116 cm³/mol. The predicted octanol–water partition coefficient (Wildman–Crippen LogP) is 4.43. The van der Waals surface area contributed by atoms with Gasteiger partial charge in [0.05, 0.1) is 42.5 Å². The summed E-state index contributed by atoms with van der Waals surface area (Å²) < 4.78 is 22.6. The number of benzene rings is 2. The van der Waals surface area contributed by atoms with Crippen molar-refractivity contribution in [2.45, 2.75) is 6.92 Å². The molecule has 2 aromatic carbocycles. The first kappa shape index (κ1) is 20.6. The van der Waals surface area contributed by atoms with Gasteiger partial charge in [-0.05, 0) is 44.8 Å². The second-order valence-corrected chi connectivity index (χ2v) is 8.12. The molecule has 0 spiro atoms. The lowest BCUT2D eigenvalue weighted by atomic mass is 9.82. The first-order chi connectivity index (χ1) is 14.3. The number of rotatable bonds is 3. The van der Waals surface area contributed by atoms with Crippen molar-refractivity contribution in [3.8, 4) is 17.2 Å². The highest BCUT2D eigenvalue weighted by Crippen LogP contribution is 2.49. The second kappa shape index (κ2) is 7.24.